The number of anilines is 1. The molecule has 0 aliphatic carbocycles. The number of ether oxygens (including phenoxy) is 1. The third-order valence-corrected chi connectivity index (χ3v) is 2.78. The van der Waals surface area contributed by atoms with Gasteiger partial charge in [-0.25, -0.2) is 0 Å². The molecule has 0 saturated carbocycles. The molecular formula is C13H16N2O4. The van der Waals surface area contributed by atoms with Crippen LogP contribution in [0.3, 0.4) is 0 Å². The first-order valence-corrected chi connectivity index (χ1v) is 6.10. The lowest BCUT2D eigenvalue weighted by Crippen LogP contribution is -2.35. The Morgan fingerprint density at radius 1 is 1.53 bits per heavy atom. The van der Waals surface area contributed by atoms with E-state index in [-0.39, 0.29) is 12.3 Å². The zero-order valence-corrected chi connectivity index (χ0v) is 10.6. The summed E-state index contributed by atoms with van der Waals surface area (Å²) in [6, 6.07) is 4.83. The van der Waals surface area contributed by atoms with Gasteiger partial charge in [-0.05, 0) is 19.1 Å². The second-order valence-electron chi connectivity index (χ2n) is 4.43. The molecule has 1 aromatic rings. The molecule has 1 aliphatic heterocycles. The molecule has 0 radical (unpaired) electrons. The zero-order chi connectivity index (χ0) is 13.8. The van der Waals surface area contributed by atoms with Crippen LogP contribution in [0.4, 0.5) is 5.69 Å². The molecule has 1 amide bonds. The van der Waals surface area contributed by atoms with E-state index >= 15 is 0 Å². The van der Waals surface area contributed by atoms with Gasteiger partial charge in [-0.15, -0.1) is 0 Å². The first kappa shape index (κ1) is 13.2. The number of benzene rings is 1. The van der Waals surface area contributed by atoms with E-state index in [0.29, 0.717) is 24.5 Å². The van der Waals surface area contributed by atoms with Gasteiger partial charge >= 0.3 is 5.97 Å². The minimum Gasteiger partial charge on any atom is -0.489 e. The van der Waals surface area contributed by atoms with Gasteiger partial charge in [0.2, 0.25) is 0 Å². The summed E-state index contributed by atoms with van der Waals surface area (Å²) >= 11 is 0. The Hall–Kier alpha value is -2.24. The summed E-state index contributed by atoms with van der Waals surface area (Å²) in [4.78, 5) is 22.7. The fourth-order valence-electron chi connectivity index (χ4n) is 1.96. The van der Waals surface area contributed by atoms with Crippen molar-refractivity contribution in [1.82, 2.24) is 5.32 Å². The second kappa shape index (κ2) is 5.60. The van der Waals surface area contributed by atoms with Crippen molar-refractivity contribution in [3.8, 4) is 5.75 Å². The molecule has 1 unspecified atom stereocenters. The molecule has 3 N–H and O–H groups in total. The molecule has 19 heavy (non-hydrogen) atoms. The highest BCUT2D eigenvalue weighted by molar-refractivity contribution is 5.99. The van der Waals surface area contributed by atoms with Gasteiger partial charge in [0.05, 0.1) is 17.7 Å². The van der Waals surface area contributed by atoms with Gasteiger partial charge in [0, 0.05) is 12.6 Å². The first-order valence-electron chi connectivity index (χ1n) is 6.10. The van der Waals surface area contributed by atoms with Crippen LogP contribution >= 0.6 is 0 Å². The first-order chi connectivity index (χ1) is 9.08. The summed E-state index contributed by atoms with van der Waals surface area (Å²) in [5, 5.41) is 14.5. The van der Waals surface area contributed by atoms with E-state index in [1.807, 2.05) is 6.07 Å². The van der Waals surface area contributed by atoms with Crippen molar-refractivity contribution in [2.75, 3.05) is 18.5 Å². The molecule has 1 aliphatic rings. The Morgan fingerprint density at radius 3 is 3.05 bits per heavy atom. The molecule has 0 aromatic heterocycles. The van der Waals surface area contributed by atoms with Crippen LogP contribution in [-0.2, 0) is 4.79 Å². The summed E-state index contributed by atoms with van der Waals surface area (Å²) in [6.45, 7) is 2.86. The Morgan fingerprint density at radius 2 is 2.32 bits per heavy atom. The normalized spacial score (nSPS) is 14.6. The number of carbonyl (C=O) groups excluding carboxylic acids is 1. The largest absolute Gasteiger partial charge is 0.489 e. The molecule has 0 spiro atoms. The van der Waals surface area contributed by atoms with Crippen LogP contribution in [0.25, 0.3) is 0 Å². The van der Waals surface area contributed by atoms with Gasteiger partial charge < -0.3 is 20.5 Å². The van der Waals surface area contributed by atoms with Crippen LogP contribution in [-0.4, -0.2) is 36.2 Å². The number of carboxylic acid groups (broad SMARTS) is 1. The molecule has 6 heteroatoms. The minimum atomic E-state index is -0.944. The lowest BCUT2D eigenvalue weighted by atomic mass is 10.1. The van der Waals surface area contributed by atoms with E-state index in [0.717, 1.165) is 5.69 Å². The van der Waals surface area contributed by atoms with Gasteiger partial charge in [0.15, 0.2) is 5.75 Å². The molecule has 0 saturated heterocycles. The standard InChI is InChI=1S/C13H16N2O4/c1-8(7-11(16)17)15-13(18)9-3-2-4-10-12(9)19-6-5-14-10/h2-4,8,14H,5-7H2,1H3,(H,15,18)(H,16,17). The van der Waals surface area contributed by atoms with E-state index in [1.165, 1.54) is 0 Å². The Balaban J connectivity index is 2.13. The Kier molecular flexibility index (Phi) is 3.89. The number of aliphatic carboxylic acids is 1. The highest BCUT2D eigenvalue weighted by atomic mass is 16.5. The maximum atomic E-state index is 12.1. The van der Waals surface area contributed by atoms with E-state index in [2.05, 4.69) is 10.6 Å². The van der Waals surface area contributed by atoms with Gasteiger partial charge in [-0.3, -0.25) is 9.59 Å². The molecule has 0 fully saturated rings. The number of rotatable bonds is 4. The number of carboxylic acids is 1. The summed E-state index contributed by atoms with van der Waals surface area (Å²) < 4.78 is 5.50. The quantitative estimate of drug-likeness (QED) is 0.757. The Labute approximate surface area is 110 Å². The number of amides is 1. The van der Waals surface area contributed by atoms with Crippen molar-refractivity contribution in [2.24, 2.45) is 0 Å². The number of hydrogen-bond donors (Lipinski definition) is 3. The summed E-state index contributed by atoms with van der Waals surface area (Å²) in [6.07, 6.45) is -0.111. The molecule has 1 heterocycles. The van der Waals surface area contributed by atoms with E-state index in [4.69, 9.17) is 9.84 Å². The van der Waals surface area contributed by atoms with Crippen LogP contribution in [0.2, 0.25) is 0 Å². The molecule has 1 aromatic carbocycles. The number of para-hydroxylation sites is 1. The third-order valence-electron chi connectivity index (χ3n) is 2.78. The number of carbonyl (C=O) groups is 2. The average Bonchev–Trinajstić information content (AvgIpc) is 2.36. The number of hydrogen-bond acceptors (Lipinski definition) is 4. The smallest absolute Gasteiger partial charge is 0.305 e. The van der Waals surface area contributed by atoms with E-state index in [9.17, 15) is 9.59 Å². The second-order valence-corrected chi connectivity index (χ2v) is 4.43. The Bertz CT molecular complexity index is 501. The number of fused-ring (bicyclic) bond motifs is 1. The molecule has 102 valence electrons. The van der Waals surface area contributed by atoms with Gasteiger partial charge in [0.1, 0.15) is 6.61 Å². The number of nitrogens with one attached hydrogen (secondary N) is 2. The van der Waals surface area contributed by atoms with Gasteiger partial charge in [-0.2, -0.15) is 0 Å². The fourth-order valence-corrected chi connectivity index (χ4v) is 1.96. The maximum Gasteiger partial charge on any atom is 0.305 e. The fraction of sp³-hybridized carbons (Fsp3) is 0.385. The van der Waals surface area contributed by atoms with Crippen LogP contribution in [0.5, 0.6) is 5.75 Å². The van der Waals surface area contributed by atoms with Crippen LogP contribution in [0.15, 0.2) is 18.2 Å². The SMILES string of the molecule is CC(CC(=O)O)NC(=O)c1cccc2c1OCCN2. The average molecular weight is 264 g/mol. The van der Waals surface area contributed by atoms with Crippen LogP contribution < -0.4 is 15.4 Å². The predicted molar refractivity (Wildman–Crippen MR) is 69.6 cm³/mol. The van der Waals surface area contributed by atoms with E-state index < -0.39 is 12.0 Å². The van der Waals surface area contributed by atoms with Crippen molar-refractivity contribution >= 4 is 17.6 Å². The molecule has 2 rings (SSSR count). The van der Waals surface area contributed by atoms with Crippen molar-refractivity contribution in [3.05, 3.63) is 23.8 Å². The lowest BCUT2D eigenvalue weighted by Gasteiger charge is -2.22. The van der Waals surface area contributed by atoms with Crippen molar-refractivity contribution in [1.29, 1.82) is 0 Å². The molecule has 0 bridgehead atoms. The zero-order valence-electron chi connectivity index (χ0n) is 10.6. The topological polar surface area (TPSA) is 87.7 Å². The van der Waals surface area contributed by atoms with Gasteiger partial charge in [-0.1, -0.05) is 6.07 Å². The highest BCUT2D eigenvalue weighted by Crippen LogP contribution is 2.31. The third kappa shape index (κ3) is 3.15. The van der Waals surface area contributed by atoms with Crippen LogP contribution in [0.1, 0.15) is 23.7 Å². The van der Waals surface area contributed by atoms with E-state index in [1.54, 1.807) is 19.1 Å². The molecular weight excluding hydrogens is 248 g/mol. The lowest BCUT2D eigenvalue weighted by molar-refractivity contribution is -0.137. The minimum absolute atomic E-state index is 0.111. The molecule has 6 nitrogen and oxygen atoms in total. The highest BCUT2D eigenvalue weighted by Gasteiger charge is 2.20. The summed E-state index contributed by atoms with van der Waals surface area (Å²) in [7, 11) is 0. The summed E-state index contributed by atoms with van der Waals surface area (Å²) in [5.41, 5.74) is 1.20. The monoisotopic (exact) mass is 264 g/mol. The van der Waals surface area contributed by atoms with Crippen molar-refractivity contribution in [2.45, 2.75) is 19.4 Å². The van der Waals surface area contributed by atoms with Gasteiger partial charge in [0.25, 0.3) is 5.91 Å². The van der Waals surface area contributed by atoms with Crippen LogP contribution in [0, 0.1) is 0 Å². The summed E-state index contributed by atoms with van der Waals surface area (Å²) in [5.74, 6) is -0.746. The van der Waals surface area contributed by atoms with Crippen molar-refractivity contribution < 1.29 is 19.4 Å². The van der Waals surface area contributed by atoms with Crippen molar-refractivity contribution in [3.63, 3.8) is 0 Å². The molecule has 1 atom stereocenters. The predicted octanol–water partition coefficient (Wildman–Crippen LogP) is 1.08. The maximum absolute atomic E-state index is 12.1.